The van der Waals surface area contributed by atoms with E-state index >= 15 is 0 Å². The van der Waals surface area contributed by atoms with Crippen LogP contribution < -0.4 is 14.4 Å². The second-order valence-corrected chi connectivity index (χ2v) is 9.87. The molecule has 7 heteroatoms. The van der Waals surface area contributed by atoms with Gasteiger partial charge in [0.1, 0.15) is 5.75 Å². The topological polar surface area (TPSA) is 75.7 Å². The maximum Gasteiger partial charge on any atom is 0.232 e. The van der Waals surface area contributed by atoms with Gasteiger partial charge in [0.05, 0.1) is 25.1 Å². The summed E-state index contributed by atoms with van der Waals surface area (Å²) < 4.78 is 31.2. The zero-order chi connectivity index (χ0) is 23.8. The van der Waals surface area contributed by atoms with E-state index < -0.39 is 10.0 Å². The van der Waals surface area contributed by atoms with Crippen molar-refractivity contribution in [2.45, 2.75) is 25.8 Å². The number of anilines is 1. The fraction of sp³-hybridized carbons (Fsp3) is 0.269. The van der Waals surface area contributed by atoms with Crippen molar-refractivity contribution < 1.29 is 17.9 Å². The highest BCUT2D eigenvalue weighted by Gasteiger charge is 2.20. The largest absolute Gasteiger partial charge is 0.497 e. The number of hydrogen-bond donors (Lipinski definition) is 1. The summed E-state index contributed by atoms with van der Waals surface area (Å²) in [6.07, 6.45) is 1.74. The zero-order valence-corrected chi connectivity index (χ0v) is 20.0. The summed E-state index contributed by atoms with van der Waals surface area (Å²) in [5, 5.41) is 3.11. The van der Waals surface area contributed by atoms with Crippen LogP contribution in [0.15, 0.2) is 78.9 Å². The van der Waals surface area contributed by atoms with E-state index in [-0.39, 0.29) is 24.9 Å². The minimum Gasteiger partial charge on any atom is -0.497 e. The number of carbonyl (C=O) groups is 1. The smallest absolute Gasteiger partial charge is 0.232 e. The second-order valence-electron chi connectivity index (χ2n) is 7.96. The minimum atomic E-state index is -3.51. The summed E-state index contributed by atoms with van der Waals surface area (Å²) in [6, 6.07) is 24.5. The van der Waals surface area contributed by atoms with Crippen molar-refractivity contribution in [2.75, 3.05) is 24.2 Å². The first-order valence-electron chi connectivity index (χ1n) is 10.8. The molecule has 6 nitrogen and oxygen atoms in total. The van der Waals surface area contributed by atoms with Crippen LogP contribution in [0.3, 0.4) is 0 Å². The molecule has 0 aliphatic carbocycles. The average molecular weight is 467 g/mol. The minimum absolute atomic E-state index is 0.136. The van der Waals surface area contributed by atoms with Crippen LogP contribution in [0.4, 0.5) is 5.69 Å². The number of ether oxygens (including phenoxy) is 1. The highest BCUT2D eigenvalue weighted by molar-refractivity contribution is 7.92. The Bertz CT molecular complexity index is 1160. The summed E-state index contributed by atoms with van der Waals surface area (Å²) >= 11 is 0. The van der Waals surface area contributed by atoms with Gasteiger partial charge in [-0.3, -0.25) is 9.10 Å². The lowest BCUT2D eigenvalue weighted by molar-refractivity contribution is -0.121. The number of amides is 1. The van der Waals surface area contributed by atoms with E-state index in [1.54, 1.807) is 24.3 Å². The summed E-state index contributed by atoms with van der Waals surface area (Å²) in [5.41, 5.74) is 3.65. The third-order valence-electron chi connectivity index (χ3n) is 5.36. The van der Waals surface area contributed by atoms with Gasteiger partial charge < -0.3 is 10.1 Å². The van der Waals surface area contributed by atoms with E-state index in [4.69, 9.17) is 4.74 Å². The van der Waals surface area contributed by atoms with Gasteiger partial charge in [0.15, 0.2) is 0 Å². The predicted molar refractivity (Wildman–Crippen MR) is 132 cm³/mol. The van der Waals surface area contributed by atoms with Gasteiger partial charge in [-0.25, -0.2) is 8.42 Å². The summed E-state index contributed by atoms with van der Waals surface area (Å²) in [7, 11) is -1.97. The Kier molecular flexibility index (Phi) is 8.11. The van der Waals surface area contributed by atoms with Gasteiger partial charge in [0.2, 0.25) is 15.9 Å². The normalized spacial score (nSPS) is 12.1. The molecular formula is C26H30N2O4S. The van der Waals surface area contributed by atoms with Gasteiger partial charge in [-0.1, -0.05) is 66.2 Å². The Hall–Kier alpha value is -3.32. The highest BCUT2D eigenvalue weighted by Crippen LogP contribution is 2.25. The molecule has 0 saturated carbocycles. The van der Waals surface area contributed by atoms with Crippen LogP contribution in [0.2, 0.25) is 0 Å². The van der Waals surface area contributed by atoms with Crippen LogP contribution in [0, 0.1) is 6.92 Å². The maximum atomic E-state index is 12.8. The number of sulfonamides is 1. The molecule has 0 spiro atoms. The fourth-order valence-corrected chi connectivity index (χ4v) is 4.59. The second kappa shape index (κ2) is 11.0. The molecule has 0 aliphatic rings. The number of carbonyl (C=O) groups excluding carboxylic acids is 1. The van der Waals surface area contributed by atoms with E-state index in [1.807, 2.05) is 61.5 Å². The molecular weight excluding hydrogens is 436 g/mol. The molecule has 0 fully saturated rings. The quantitative estimate of drug-likeness (QED) is 0.479. The monoisotopic (exact) mass is 466 g/mol. The zero-order valence-electron chi connectivity index (χ0n) is 19.2. The molecule has 3 aromatic carbocycles. The third kappa shape index (κ3) is 6.83. The van der Waals surface area contributed by atoms with Crippen LogP contribution >= 0.6 is 0 Å². The number of nitrogens with one attached hydrogen (secondary N) is 1. The molecule has 0 aliphatic heterocycles. The molecule has 0 aromatic heterocycles. The van der Waals surface area contributed by atoms with Crippen molar-refractivity contribution >= 4 is 21.6 Å². The van der Waals surface area contributed by atoms with Crippen molar-refractivity contribution in [3.05, 3.63) is 95.6 Å². The molecule has 3 aromatic rings. The number of methoxy groups -OCH3 is 1. The van der Waals surface area contributed by atoms with Crippen molar-refractivity contribution in [3.8, 4) is 5.75 Å². The van der Waals surface area contributed by atoms with Gasteiger partial charge in [-0.2, -0.15) is 0 Å². The van der Waals surface area contributed by atoms with Crippen LogP contribution in [0.5, 0.6) is 5.75 Å². The number of hydrogen-bond acceptors (Lipinski definition) is 4. The van der Waals surface area contributed by atoms with Crippen molar-refractivity contribution in [1.82, 2.24) is 5.32 Å². The van der Waals surface area contributed by atoms with Crippen LogP contribution in [0.25, 0.3) is 0 Å². The molecule has 0 heterocycles. The molecule has 0 saturated heterocycles. The SMILES string of the molecule is COc1cccc(N(CCCC(=O)N[C@H](c2ccccc2)c2ccc(C)cc2)S(C)(=O)=O)c1. The Morgan fingerprint density at radius 1 is 0.970 bits per heavy atom. The first-order chi connectivity index (χ1) is 15.8. The number of benzene rings is 3. The first kappa shape index (κ1) is 24.3. The Morgan fingerprint density at radius 2 is 1.64 bits per heavy atom. The Morgan fingerprint density at radius 3 is 2.27 bits per heavy atom. The number of nitrogens with zero attached hydrogens (tertiary/aromatic N) is 1. The molecule has 3 rings (SSSR count). The Labute approximate surface area is 196 Å². The third-order valence-corrected chi connectivity index (χ3v) is 6.55. The van der Waals surface area contributed by atoms with Crippen molar-refractivity contribution in [1.29, 1.82) is 0 Å². The van der Waals surface area contributed by atoms with Crippen LogP contribution in [-0.4, -0.2) is 34.2 Å². The predicted octanol–water partition coefficient (Wildman–Crippen LogP) is 4.46. The number of rotatable bonds is 10. The maximum absolute atomic E-state index is 12.8. The average Bonchev–Trinajstić information content (AvgIpc) is 2.81. The molecule has 33 heavy (non-hydrogen) atoms. The van der Waals surface area contributed by atoms with E-state index in [1.165, 1.54) is 11.4 Å². The lowest BCUT2D eigenvalue weighted by Gasteiger charge is -2.23. The lowest BCUT2D eigenvalue weighted by atomic mass is 9.97. The summed E-state index contributed by atoms with van der Waals surface area (Å²) in [4.78, 5) is 12.8. The number of aryl methyl sites for hydroxylation is 1. The molecule has 0 bridgehead atoms. The van der Waals surface area contributed by atoms with Crippen molar-refractivity contribution in [3.63, 3.8) is 0 Å². The van der Waals surface area contributed by atoms with Gasteiger partial charge >= 0.3 is 0 Å². The Balaban J connectivity index is 1.69. The standard InChI is InChI=1S/C26H30N2O4S/c1-20-14-16-22(17-15-20)26(21-9-5-4-6-10-21)27-25(29)13-8-18-28(33(3,30)31)23-11-7-12-24(19-23)32-2/h4-7,9-12,14-17,19,26H,8,13,18H2,1-3H3,(H,27,29)/t26-/m1/s1. The van der Waals surface area contributed by atoms with Gasteiger partial charge in [0, 0.05) is 19.0 Å². The van der Waals surface area contributed by atoms with E-state index in [0.29, 0.717) is 17.9 Å². The molecule has 1 atom stereocenters. The van der Waals surface area contributed by atoms with E-state index in [2.05, 4.69) is 5.32 Å². The summed E-state index contributed by atoms with van der Waals surface area (Å²) in [6.45, 7) is 2.22. The van der Waals surface area contributed by atoms with Crippen LogP contribution in [-0.2, 0) is 14.8 Å². The molecule has 1 N–H and O–H groups in total. The van der Waals surface area contributed by atoms with E-state index in [9.17, 15) is 13.2 Å². The molecule has 0 radical (unpaired) electrons. The van der Waals surface area contributed by atoms with Crippen molar-refractivity contribution in [2.24, 2.45) is 0 Å². The summed E-state index contributed by atoms with van der Waals surface area (Å²) in [5.74, 6) is 0.436. The van der Waals surface area contributed by atoms with Gasteiger partial charge in [-0.05, 0) is 36.6 Å². The fourth-order valence-electron chi connectivity index (χ4n) is 3.63. The first-order valence-corrected chi connectivity index (χ1v) is 12.7. The van der Waals surface area contributed by atoms with Gasteiger partial charge in [0.25, 0.3) is 0 Å². The highest BCUT2D eigenvalue weighted by atomic mass is 32.2. The molecule has 0 unspecified atom stereocenters. The van der Waals surface area contributed by atoms with Gasteiger partial charge in [-0.15, -0.1) is 0 Å². The van der Waals surface area contributed by atoms with E-state index in [0.717, 1.165) is 22.9 Å². The lowest BCUT2D eigenvalue weighted by Crippen LogP contribution is -2.33. The molecule has 1 amide bonds. The molecule has 174 valence electrons. The van der Waals surface area contributed by atoms with Crippen LogP contribution in [0.1, 0.15) is 35.6 Å².